The Morgan fingerprint density at radius 3 is 2.93 bits per heavy atom. The maximum atomic E-state index is 11.9. The highest BCUT2D eigenvalue weighted by Gasteiger charge is 2.37. The van der Waals surface area contributed by atoms with Gasteiger partial charge in [-0.3, -0.25) is 4.79 Å². The minimum absolute atomic E-state index is 0.163. The highest BCUT2D eigenvalue weighted by Crippen LogP contribution is 2.34. The molecule has 2 rings (SSSR count). The van der Waals surface area contributed by atoms with Crippen molar-refractivity contribution in [2.24, 2.45) is 0 Å². The van der Waals surface area contributed by atoms with Gasteiger partial charge in [0.1, 0.15) is 5.75 Å². The summed E-state index contributed by atoms with van der Waals surface area (Å²) in [7, 11) is 0. The van der Waals surface area contributed by atoms with Crippen LogP contribution in [0.3, 0.4) is 0 Å². The summed E-state index contributed by atoms with van der Waals surface area (Å²) >= 11 is 3.39. The van der Waals surface area contributed by atoms with E-state index in [9.17, 15) is 4.79 Å². The SMILES string of the molecule is CCC1(C)Oc2ccc(Br)cc2CC1=O. The number of hydrogen-bond acceptors (Lipinski definition) is 2. The lowest BCUT2D eigenvalue weighted by Crippen LogP contribution is -2.44. The second kappa shape index (κ2) is 3.63. The second-order valence-electron chi connectivity index (χ2n) is 4.04. The zero-order valence-corrected chi connectivity index (χ0v) is 10.4. The van der Waals surface area contributed by atoms with Gasteiger partial charge in [0.05, 0.1) is 0 Å². The molecule has 1 unspecified atom stereocenters. The van der Waals surface area contributed by atoms with Crippen LogP contribution in [0.2, 0.25) is 0 Å². The fourth-order valence-corrected chi connectivity index (χ4v) is 2.12. The van der Waals surface area contributed by atoms with Crippen LogP contribution in [0.1, 0.15) is 25.8 Å². The number of halogens is 1. The Balaban J connectivity index is 2.42. The van der Waals surface area contributed by atoms with Crippen LogP contribution in [0.15, 0.2) is 22.7 Å². The average molecular weight is 269 g/mol. The number of Topliss-reactive ketones (excluding diaryl/α,β-unsaturated/α-hetero) is 1. The molecule has 2 nitrogen and oxygen atoms in total. The standard InChI is InChI=1S/C12H13BrO2/c1-3-12(2)11(14)7-8-6-9(13)4-5-10(8)15-12/h4-6H,3,7H2,1-2H3. The number of ketones is 1. The number of carbonyl (C=O) groups excluding carboxylic acids is 1. The lowest BCUT2D eigenvalue weighted by atomic mass is 9.89. The number of rotatable bonds is 1. The number of hydrogen-bond donors (Lipinski definition) is 0. The zero-order chi connectivity index (χ0) is 11.1. The summed E-state index contributed by atoms with van der Waals surface area (Å²) in [6.45, 7) is 3.84. The summed E-state index contributed by atoms with van der Waals surface area (Å²) in [5, 5.41) is 0. The van der Waals surface area contributed by atoms with Crippen LogP contribution in [0, 0.1) is 0 Å². The maximum absolute atomic E-state index is 11.9. The Bertz CT molecular complexity index is 414. The van der Waals surface area contributed by atoms with Gasteiger partial charge in [-0.1, -0.05) is 22.9 Å². The second-order valence-corrected chi connectivity index (χ2v) is 4.95. The number of carbonyl (C=O) groups is 1. The van der Waals surface area contributed by atoms with Crippen molar-refractivity contribution in [3.05, 3.63) is 28.2 Å². The highest BCUT2D eigenvalue weighted by molar-refractivity contribution is 9.10. The number of ether oxygens (including phenoxy) is 1. The molecule has 0 aliphatic carbocycles. The summed E-state index contributed by atoms with van der Waals surface area (Å²) in [5.74, 6) is 0.998. The summed E-state index contributed by atoms with van der Waals surface area (Å²) < 4.78 is 6.75. The van der Waals surface area contributed by atoms with E-state index in [-0.39, 0.29) is 5.78 Å². The molecular formula is C12H13BrO2. The highest BCUT2D eigenvalue weighted by atomic mass is 79.9. The third-order valence-corrected chi connectivity index (χ3v) is 3.47. The van der Waals surface area contributed by atoms with E-state index >= 15 is 0 Å². The summed E-state index contributed by atoms with van der Waals surface area (Å²) in [5.41, 5.74) is 0.334. The van der Waals surface area contributed by atoms with E-state index in [0.29, 0.717) is 12.8 Å². The van der Waals surface area contributed by atoms with Gasteiger partial charge in [-0.15, -0.1) is 0 Å². The first-order valence-electron chi connectivity index (χ1n) is 5.06. The Morgan fingerprint density at radius 1 is 1.53 bits per heavy atom. The van der Waals surface area contributed by atoms with Crippen LogP contribution in [-0.2, 0) is 11.2 Å². The van der Waals surface area contributed by atoms with E-state index in [2.05, 4.69) is 15.9 Å². The van der Waals surface area contributed by atoms with E-state index < -0.39 is 5.60 Å². The van der Waals surface area contributed by atoms with Gasteiger partial charge in [-0.2, -0.15) is 0 Å². The predicted octanol–water partition coefficient (Wildman–Crippen LogP) is 3.12. The third kappa shape index (κ3) is 1.81. The lowest BCUT2D eigenvalue weighted by molar-refractivity contribution is -0.134. The van der Waals surface area contributed by atoms with Crippen molar-refractivity contribution in [3.63, 3.8) is 0 Å². The van der Waals surface area contributed by atoms with Crippen molar-refractivity contribution in [2.45, 2.75) is 32.3 Å². The van der Waals surface area contributed by atoms with Crippen LogP contribution in [0.4, 0.5) is 0 Å². The van der Waals surface area contributed by atoms with Gasteiger partial charge in [0.15, 0.2) is 11.4 Å². The molecule has 0 saturated carbocycles. The molecule has 0 N–H and O–H groups in total. The van der Waals surface area contributed by atoms with Crippen molar-refractivity contribution in [2.75, 3.05) is 0 Å². The molecule has 1 heterocycles. The molecule has 0 bridgehead atoms. The molecule has 3 heteroatoms. The van der Waals surface area contributed by atoms with Gasteiger partial charge in [0.25, 0.3) is 0 Å². The molecule has 0 aromatic heterocycles. The number of benzene rings is 1. The van der Waals surface area contributed by atoms with Crippen LogP contribution >= 0.6 is 15.9 Å². The molecule has 0 amide bonds. The van der Waals surface area contributed by atoms with Crippen LogP contribution in [0.5, 0.6) is 5.75 Å². The third-order valence-electron chi connectivity index (χ3n) is 2.97. The number of fused-ring (bicyclic) bond motifs is 1. The summed E-state index contributed by atoms with van der Waals surface area (Å²) in [4.78, 5) is 11.9. The quantitative estimate of drug-likeness (QED) is 0.783. The topological polar surface area (TPSA) is 26.3 Å². The van der Waals surface area contributed by atoms with Crippen molar-refractivity contribution >= 4 is 21.7 Å². The van der Waals surface area contributed by atoms with Gasteiger partial charge in [-0.05, 0) is 31.5 Å². The van der Waals surface area contributed by atoms with Crippen LogP contribution < -0.4 is 4.74 Å². The normalized spacial score (nSPS) is 24.6. The molecule has 0 saturated heterocycles. The average Bonchev–Trinajstić information content (AvgIpc) is 2.20. The Kier molecular flexibility index (Phi) is 2.59. The van der Waals surface area contributed by atoms with Gasteiger partial charge in [0.2, 0.25) is 0 Å². The van der Waals surface area contributed by atoms with E-state index in [0.717, 1.165) is 15.8 Å². The first-order valence-corrected chi connectivity index (χ1v) is 5.85. The van der Waals surface area contributed by atoms with E-state index in [1.807, 2.05) is 32.0 Å². The smallest absolute Gasteiger partial charge is 0.180 e. The lowest BCUT2D eigenvalue weighted by Gasteiger charge is -2.33. The van der Waals surface area contributed by atoms with Crippen LogP contribution in [-0.4, -0.2) is 11.4 Å². The molecule has 0 fully saturated rings. The molecule has 80 valence electrons. The molecule has 1 aromatic carbocycles. The van der Waals surface area contributed by atoms with E-state index in [1.54, 1.807) is 0 Å². The van der Waals surface area contributed by atoms with E-state index in [4.69, 9.17) is 4.74 Å². The summed E-state index contributed by atoms with van der Waals surface area (Å²) in [6.07, 6.45) is 1.18. The van der Waals surface area contributed by atoms with Crippen molar-refractivity contribution < 1.29 is 9.53 Å². The molecule has 1 aliphatic heterocycles. The molecular weight excluding hydrogens is 256 g/mol. The Morgan fingerprint density at radius 2 is 2.27 bits per heavy atom. The van der Waals surface area contributed by atoms with Gasteiger partial charge in [0, 0.05) is 16.5 Å². The zero-order valence-electron chi connectivity index (χ0n) is 8.84. The monoisotopic (exact) mass is 268 g/mol. The van der Waals surface area contributed by atoms with Crippen molar-refractivity contribution in [3.8, 4) is 5.75 Å². The largest absolute Gasteiger partial charge is 0.480 e. The molecule has 0 spiro atoms. The Labute approximate surface area is 97.8 Å². The predicted molar refractivity (Wildman–Crippen MR) is 62.2 cm³/mol. The van der Waals surface area contributed by atoms with Gasteiger partial charge in [-0.25, -0.2) is 0 Å². The molecule has 1 atom stereocenters. The first-order chi connectivity index (χ1) is 7.05. The van der Waals surface area contributed by atoms with Crippen molar-refractivity contribution in [1.29, 1.82) is 0 Å². The fraction of sp³-hybridized carbons (Fsp3) is 0.417. The molecule has 0 radical (unpaired) electrons. The Hall–Kier alpha value is -0.830. The minimum Gasteiger partial charge on any atom is -0.480 e. The first kappa shape index (κ1) is 10.7. The maximum Gasteiger partial charge on any atom is 0.180 e. The van der Waals surface area contributed by atoms with Crippen molar-refractivity contribution in [1.82, 2.24) is 0 Å². The van der Waals surface area contributed by atoms with Gasteiger partial charge < -0.3 is 4.74 Å². The van der Waals surface area contributed by atoms with E-state index in [1.165, 1.54) is 0 Å². The minimum atomic E-state index is -0.638. The van der Waals surface area contributed by atoms with Crippen LogP contribution in [0.25, 0.3) is 0 Å². The summed E-state index contributed by atoms with van der Waals surface area (Å²) in [6, 6.07) is 5.80. The molecule has 1 aliphatic rings. The van der Waals surface area contributed by atoms with Gasteiger partial charge >= 0.3 is 0 Å². The molecule has 15 heavy (non-hydrogen) atoms. The fourth-order valence-electron chi connectivity index (χ4n) is 1.71. The molecule has 1 aromatic rings.